The van der Waals surface area contributed by atoms with Crippen LogP contribution in [0.3, 0.4) is 0 Å². The lowest BCUT2D eigenvalue weighted by Gasteiger charge is -2.26. The van der Waals surface area contributed by atoms with Crippen LogP contribution in [0.25, 0.3) is 41.6 Å². The summed E-state index contributed by atoms with van der Waals surface area (Å²) in [6.07, 6.45) is 14.6. The van der Waals surface area contributed by atoms with E-state index >= 15 is 0 Å². The molecule has 0 bridgehead atoms. The van der Waals surface area contributed by atoms with Crippen LogP contribution in [0.15, 0.2) is 61.2 Å². The molecule has 328 valence electrons. The average molecular weight is 907 g/mol. The molecule has 12 heteroatoms. The number of hydrogen-bond acceptors (Lipinski definition) is 11. The normalized spacial score (nSPS) is 17.3. The number of amides is 1. The number of nitrogens with two attached hydrogens (primary N) is 1. The molecule has 2 atom stereocenters. The van der Waals surface area contributed by atoms with Gasteiger partial charge in [0, 0.05) is 82.9 Å². The number of aromatic nitrogens is 2. The molecule has 0 radical (unpaired) electrons. The van der Waals surface area contributed by atoms with Crippen molar-refractivity contribution in [2.24, 2.45) is 11.7 Å². The Labute approximate surface area is 383 Å². The predicted octanol–water partition coefficient (Wildman–Crippen LogP) is 12.3. The molecule has 0 spiro atoms. The zero-order valence-electron chi connectivity index (χ0n) is 36.8. The van der Waals surface area contributed by atoms with Gasteiger partial charge < -0.3 is 11.1 Å². The van der Waals surface area contributed by atoms with E-state index in [0.29, 0.717) is 30.6 Å². The van der Waals surface area contributed by atoms with E-state index in [-0.39, 0.29) is 5.91 Å². The van der Waals surface area contributed by atoms with Crippen molar-refractivity contribution >= 4 is 82.5 Å². The Morgan fingerprint density at radius 1 is 0.806 bits per heavy atom. The maximum atomic E-state index is 12.9. The summed E-state index contributed by atoms with van der Waals surface area (Å²) < 4.78 is 2.41. The molecule has 2 aliphatic carbocycles. The van der Waals surface area contributed by atoms with E-state index in [1.54, 1.807) is 34.0 Å². The second-order valence-electron chi connectivity index (χ2n) is 17.6. The molecule has 2 fully saturated rings. The van der Waals surface area contributed by atoms with Gasteiger partial charge in [-0.25, -0.2) is 9.97 Å². The first-order valence-electron chi connectivity index (χ1n) is 22.8. The van der Waals surface area contributed by atoms with Crippen molar-refractivity contribution in [2.75, 3.05) is 18.4 Å². The topological polar surface area (TPSA) is 104 Å². The van der Waals surface area contributed by atoms with Crippen molar-refractivity contribution in [1.82, 2.24) is 19.8 Å². The molecule has 4 aliphatic rings. The summed E-state index contributed by atoms with van der Waals surface area (Å²) in [5, 5.41) is 6.06. The standard InChI is InChI=1S/C26H32N2OS2.C20H19N3OS2.C4H11N/c1-3-17(2)7-6-8-19(29)15-23-25(26-27-21-9-4-5-10-22(21)31-26)20-13-14-28(18-11-12-18)16-24(20)30-23;1-2-17(24)22-20-18(19-21-14-5-3-4-6-15(14)25-19)13-9-10-23(12-7-8-12)11-16(13)26-20;1-3-4(2)5/h4-5,9-10,17-18H,3,6-8,11-16H2,1-2H3;2-6,12H,1,7-11H2,(H,22,24);4H,3,5H2,1-2H3/t17-;;4-/m0.0/s1. The zero-order valence-corrected chi connectivity index (χ0v) is 40.1. The molecule has 0 saturated heterocycles. The minimum Gasteiger partial charge on any atom is -0.328 e. The Morgan fingerprint density at radius 2 is 1.34 bits per heavy atom. The first kappa shape index (κ1) is 45.0. The molecule has 3 N–H and O–H groups in total. The van der Waals surface area contributed by atoms with Crippen LogP contribution < -0.4 is 11.1 Å². The number of nitrogens with one attached hydrogen (secondary N) is 1. The van der Waals surface area contributed by atoms with Crippen molar-refractivity contribution in [1.29, 1.82) is 0 Å². The number of hydrogen-bond donors (Lipinski definition) is 2. The quantitative estimate of drug-likeness (QED) is 0.105. The molecule has 62 heavy (non-hydrogen) atoms. The molecule has 10 rings (SSSR count). The van der Waals surface area contributed by atoms with Gasteiger partial charge in [0.1, 0.15) is 20.8 Å². The predicted molar refractivity (Wildman–Crippen MR) is 265 cm³/mol. The SMILES string of the molecule is C=CC(=O)Nc1sc2c(c1-c1nc3ccccc3s1)CCN(C1CC1)C2.CC[C@H](C)CCCC(=O)Cc1sc2c(c1-c1nc3ccccc3s1)CCN(C1CC1)C2.CC[C@H](C)N. The number of benzene rings is 2. The van der Waals surface area contributed by atoms with Crippen molar-refractivity contribution in [3.63, 3.8) is 0 Å². The van der Waals surface area contributed by atoms with Gasteiger partial charge in [0.25, 0.3) is 0 Å². The Hall–Kier alpha value is -3.62. The van der Waals surface area contributed by atoms with Gasteiger partial charge in [0.15, 0.2) is 0 Å². The number of rotatable bonds is 14. The maximum absolute atomic E-state index is 12.9. The lowest BCUT2D eigenvalue weighted by molar-refractivity contribution is -0.118. The minimum absolute atomic E-state index is 0.162. The van der Waals surface area contributed by atoms with Crippen LogP contribution in [0.2, 0.25) is 0 Å². The number of para-hydroxylation sites is 2. The highest BCUT2D eigenvalue weighted by molar-refractivity contribution is 7.23. The fourth-order valence-electron chi connectivity index (χ4n) is 8.33. The number of carbonyl (C=O) groups excluding carboxylic acids is 2. The Balaban J connectivity index is 0.000000156. The molecule has 4 aromatic heterocycles. The Bertz CT molecular complexity index is 2440. The van der Waals surface area contributed by atoms with Crippen LogP contribution in [0.4, 0.5) is 5.00 Å². The number of carbonyl (C=O) groups is 2. The number of thiophene rings is 2. The number of nitrogens with zero attached hydrogens (tertiary/aromatic N) is 4. The van der Waals surface area contributed by atoms with E-state index in [9.17, 15) is 9.59 Å². The largest absolute Gasteiger partial charge is 0.328 e. The third-order valence-electron chi connectivity index (χ3n) is 12.7. The number of Topliss-reactive ketones (excluding diaryl/α,β-unsaturated/α-hetero) is 1. The first-order valence-corrected chi connectivity index (χ1v) is 26.1. The van der Waals surface area contributed by atoms with Crippen LogP contribution >= 0.6 is 45.3 Å². The molecule has 8 nitrogen and oxygen atoms in total. The highest BCUT2D eigenvalue weighted by atomic mass is 32.1. The second kappa shape index (κ2) is 20.5. The average Bonchev–Trinajstić information content (AvgIpc) is 4.16. The van der Waals surface area contributed by atoms with Crippen molar-refractivity contribution < 1.29 is 9.59 Å². The van der Waals surface area contributed by atoms with E-state index in [4.69, 9.17) is 15.7 Å². The van der Waals surface area contributed by atoms with Crippen LogP contribution in [0, 0.1) is 5.92 Å². The summed E-state index contributed by atoms with van der Waals surface area (Å²) in [7, 11) is 0. The lowest BCUT2D eigenvalue weighted by atomic mass is 9.97. The van der Waals surface area contributed by atoms with Crippen molar-refractivity contribution in [3.8, 4) is 21.1 Å². The van der Waals surface area contributed by atoms with Gasteiger partial charge in [0.05, 0.1) is 20.4 Å². The maximum Gasteiger partial charge on any atom is 0.248 e. The summed E-state index contributed by atoms with van der Waals surface area (Å²) in [4.78, 5) is 44.1. The van der Waals surface area contributed by atoms with E-state index in [1.165, 1.54) is 78.9 Å². The molecule has 2 saturated carbocycles. The third kappa shape index (κ3) is 10.8. The van der Waals surface area contributed by atoms with Crippen LogP contribution in [-0.2, 0) is 41.9 Å². The van der Waals surface area contributed by atoms with Gasteiger partial charge in [-0.05, 0) is 106 Å². The molecule has 6 aromatic rings. The van der Waals surface area contributed by atoms with Crippen molar-refractivity contribution in [2.45, 2.75) is 136 Å². The number of thiazole rings is 2. The van der Waals surface area contributed by atoms with E-state index in [0.717, 1.165) is 102 Å². The smallest absolute Gasteiger partial charge is 0.248 e. The van der Waals surface area contributed by atoms with E-state index < -0.39 is 0 Å². The molecule has 0 unspecified atom stereocenters. The van der Waals surface area contributed by atoms with Crippen LogP contribution in [-0.4, -0.2) is 62.7 Å². The molecular formula is C50H62N6O2S4. The second-order valence-corrected chi connectivity index (χ2v) is 21.9. The van der Waals surface area contributed by atoms with E-state index in [1.807, 2.05) is 36.5 Å². The summed E-state index contributed by atoms with van der Waals surface area (Å²) in [5.41, 5.74) is 12.6. The number of ketones is 1. The molecule has 6 heterocycles. The summed E-state index contributed by atoms with van der Waals surface area (Å²) in [6, 6.07) is 18.6. The summed E-state index contributed by atoms with van der Waals surface area (Å²) in [5.74, 6) is 0.946. The molecule has 2 aliphatic heterocycles. The van der Waals surface area contributed by atoms with Gasteiger partial charge in [-0.2, -0.15) is 0 Å². The number of anilines is 1. The number of fused-ring (bicyclic) bond motifs is 4. The first-order chi connectivity index (χ1) is 30.1. The fourth-order valence-corrected chi connectivity index (χ4v) is 13.3. The summed E-state index contributed by atoms with van der Waals surface area (Å²) >= 11 is 7.08. The Morgan fingerprint density at radius 3 is 1.85 bits per heavy atom. The molecule has 1 amide bonds. The highest BCUT2D eigenvalue weighted by Gasteiger charge is 2.36. The van der Waals surface area contributed by atoms with Gasteiger partial charge in [-0.3, -0.25) is 19.4 Å². The fraction of sp³-hybridized carbons (Fsp3) is 0.480. The van der Waals surface area contributed by atoms with Gasteiger partial charge in [-0.1, -0.05) is 64.5 Å². The highest BCUT2D eigenvalue weighted by Crippen LogP contribution is 2.47. The van der Waals surface area contributed by atoms with Gasteiger partial charge in [0.2, 0.25) is 5.91 Å². The van der Waals surface area contributed by atoms with Gasteiger partial charge in [-0.15, -0.1) is 45.3 Å². The minimum atomic E-state index is -0.162. The third-order valence-corrected chi connectivity index (χ3v) is 17.1. The Kier molecular flexibility index (Phi) is 14.9. The van der Waals surface area contributed by atoms with Crippen molar-refractivity contribution in [3.05, 3.63) is 86.9 Å². The summed E-state index contributed by atoms with van der Waals surface area (Å²) in [6.45, 7) is 16.5. The van der Waals surface area contributed by atoms with Gasteiger partial charge >= 0.3 is 0 Å². The lowest BCUT2D eigenvalue weighted by Crippen LogP contribution is -2.31. The molecule has 2 aromatic carbocycles. The monoisotopic (exact) mass is 906 g/mol. The molecular weight excluding hydrogens is 845 g/mol. The van der Waals surface area contributed by atoms with Crippen LogP contribution in [0.5, 0.6) is 0 Å². The van der Waals surface area contributed by atoms with E-state index in [2.05, 4.69) is 72.8 Å². The van der Waals surface area contributed by atoms with Crippen LogP contribution in [0.1, 0.15) is 111 Å². The zero-order chi connectivity index (χ0) is 43.3.